The number of rotatable bonds is 10. The molecule has 1 saturated carbocycles. The second-order valence-electron chi connectivity index (χ2n) is 9.88. The van der Waals surface area contributed by atoms with Gasteiger partial charge in [-0.2, -0.15) is 0 Å². The Bertz CT molecular complexity index is 719. The largest absolute Gasteiger partial charge is 0.354 e. The van der Waals surface area contributed by atoms with Gasteiger partial charge in [-0.05, 0) is 55.2 Å². The van der Waals surface area contributed by atoms with Crippen LogP contribution in [0, 0.1) is 11.8 Å². The van der Waals surface area contributed by atoms with E-state index < -0.39 is 0 Å². The first kappa shape index (κ1) is 24.8. The zero-order chi connectivity index (χ0) is 22.9. The average Bonchev–Trinajstić information content (AvgIpc) is 3.36. The van der Waals surface area contributed by atoms with Gasteiger partial charge in [0, 0.05) is 38.3 Å². The number of hydrogen-bond donors (Lipinski definition) is 1. The van der Waals surface area contributed by atoms with Crippen molar-refractivity contribution in [2.24, 2.45) is 11.8 Å². The molecule has 2 aliphatic rings. The lowest BCUT2D eigenvalue weighted by molar-refractivity contribution is -0.129. The first-order valence-corrected chi connectivity index (χ1v) is 12.9. The van der Waals surface area contributed by atoms with Gasteiger partial charge in [-0.25, -0.2) is 0 Å². The Hall–Kier alpha value is -1.88. The third-order valence-corrected chi connectivity index (χ3v) is 7.45. The molecular weight excluding hydrogens is 398 g/mol. The molecule has 0 spiro atoms. The monoisotopic (exact) mass is 441 g/mol. The van der Waals surface area contributed by atoms with Crippen LogP contribution in [-0.2, 0) is 11.2 Å². The van der Waals surface area contributed by atoms with Gasteiger partial charge in [0.05, 0.1) is 6.04 Å². The molecule has 1 aromatic carbocycles. The van der Waals surface area contributed by atoms with Crippen LogP contribution in [-0.4, -0.2) is 60.4 Å². The molecule has 5 nitrogen and oxygen atoms in total. The number of carbonyl (C=O) groups excluding carboxylic acids is 2. The SMILES string of the molecule is CCCCc1ccc(C(=O)N2CCN([C@@H](C(=O)NC[C@H](C)CC)C3CCCC3)CC2)cc1. The molecule has 1 N–H and O–H groups in total. The van der Waals surface area contributed by atoms with Crippen molar-refractivity contribution in [1.82, 2.24) is 15.1 Å². The number of nitrogens with zero attached hydrogens (tertiary/aromatic N) is 2. The van der Waals surface area contributed by atoms with Crippen molar-refractivity contribution in [3.05, 3.63) is 35.4 Å². The van der Waals surface area contributed by atoms with Crippen LogP contribution in [0.4, 0.5) is 0 Å². The molecule has 0 aromatic heterocycles. The highest BCUT2D eigenvalue weighted by molar-refractivity contribution is 5.94. The first-order valence-electron chi connectivity index (χ1n) is 12.9. The molecule has 2 fully saturated rings. The molecule has 2 amide bonds. The number of unbranched alkanes of at least 4 members (excludes halogenated alkanes) is 1. The lowest BCUT2D eigenvalue weighted by Gasteiger charge is -2.41. The Morgan fingerprint density at radius 1 is 1.03 bits per heavy atom. The maximum absolute atomic E-state index is 13.2. The van der Waals surface area contributed by atoms with E-state index in [4.69, 9.17) is 0 Å². The van der Waals surface area contributed by atoms with Gasteiger partial charge in [-0.15, -0.1) is 0 Å². The van der Waals surface area contributed by atoms with Crippen molar-refractivity contribution in [3.63, 3.8) is 0 Å². The highest BCUT2D eigenvalue weighted by atomic mass is 16.2. The molecule has 0 radical (unpaired) electrons. The van der Waals surface area contributed by atoms with Crippen molar-refractivity contribution in [2.75, 3.05) is 32.7 Å². The number of aryl methyl sites for hydroxylation is 1. The second kappa shape index (κ2) is 12.4. The summed E-state index contributed by atoms with van der Waals surface area (Å²) in [5.41, 5.74) is 2.08. The smallest absolute Gasteiger partial charge is 0.253 e. The van der Waals surface area contributed by atoms with Crippen molar-refractivity contribution >= 4 is 11.8 Å². The summed E-state index contributed by atoms with van der Waals surface area (Å²) in [6.07, 6.45) is 9.26. The Morgan fingerprint density at radius 2 is 1.69 bits per heavy atom. The molecule has 178 valence electrons. The Morgan fingerprint density at radius 3 is 2.28 bits per heavy atom. The minimum atomic E-state index is -0.0448. The zero-order valence-electron chi connectivity index (χ0n) is 20.4. The molecule has 0 bridgehead atoms. The fourth-order valence-electron chi connectivity index (χ4n) is 5.06. The molecule has 1 heterocycles. The fraction of sp³-hybridized carbons (Fsp3) is 0.704. The Labute approximate surface area is 194 Å². The van der Waals surface area contributed by atoms with E-state index in [9.17, 15) is 9.59 Å². The molecule has 5 heteroatoms. The average molecular weight is 442 g/mol. The number of amides is 2. The van der Waals surface area contributed by atoms with E-state index in [0.29, 0.717) is 24.9 Å². The highest BCUT2D eigenvalue weighted by Gasteiger charge is 2.37. The van der Waals surface area contributed by atoms with Crippen LogP contribution in [0.15, 0.2) is 24.3 Å². The van der Waals surface area contributed by atoms with Crippen LogP contribution in [0.1, 0.15) is 81.6 Å². The molecule has 3 rings (SSSR count). The van der Waals surface area contributed by atoms with Gasteiger partial charge in [-0.3, -0.25) is 14.5 Å². The maximum Gasteiger partial charge on any atom is 0.253 e. The molecule has 32 heavy (non-hydrogen) atoms. The van der Waals surface area contributed by atoms with Crippen molar-refractivity contribution in [1.29, 1.82) is 0 Å². The van der Waals surface area contributed by atoms with Crippen LogP contribution in [0.5, 0.6) is 0 Å². The van der Waals surface area contributed by atoms with E-state index in [1.165, 1.54) is 31.2 Å². The third kappa shape index (κ3) is 6.57. The Balaban J connectivity index is 1.57. The predicted octanol–water partition coefficient (Wildman–Crippen LogP) is 4.51. The summed E-state index contributed by atoms with van der Waals surface area (Å²) >= 11 is 0. The summed E-state index contributed by atoms with van der Waals surface area (Å²) in [6.45, 7) is 10.2. The van der Waals surface area contributed by atoms with Gasteiger partial charge >= 0.3 is 0 Å². The van der Waals surface area contributed by atoms with Crippen LogP contribution < -0.4 is 5.32 Å². The lowest BCUT2D eigenvalue weighted by atomic mass is 9.94. The standard InChI is InChI=1S/C27H43N3O2/c1-4-6-9-22-12-14-24(15-13-22)27(32)30-18-16-29(17-19-30)25(23-10-7-8-11-23)26(31)28-20-21(3)5-2/h12-15,21,23,25H,4-11,16-20H2,1-3H3,(H,28,31)/t21-,25-/m1/s1. The number of piperazine rings is 1. The van der Waals surface area contributed by atoms with Crippen LogP contribution in [0.2, 0.25) is 0 Å². The van der Waals surface area contributed by atoms with E-state index in [2.05, 4.69) is 43.1 Å². The minimum Gasteiger partial charge on any atom is -0.354 e. The summed E-state index contributed by atoms with van der Waals surface area (Å²) in [7, 11) is 0. The van der Waals surface area contributed by atoms with E-state index in [1.54, 1.807) is 0 Å². The second-order valence-corrected chi connectivity index (χ2v) is 9.88. The molecule has 1 aliphatic heterocycles. The van der Waals surface area contributed by atoms with Crippen molar-refractivity contribution in [3.8, 4) is 0 Å². The molecule has 0 unspecified atom stereocenters. The maximum atomic E-state index is 13.2. The quantitative estimate of drug-likeness (QED) is 0.581. The van der Waals surface area contributed by atoms with Gasteiger partial charge in [0.25, 0.3) is 5.91 Å². The molecular formula is C27H43N3O2. The van der Waals surface area contributed by atoms with Gasteiger partial charge in [0.15, 0.2) is 0 Å². The highest BCUT2D eigenvalue weighted by Crippen LogP contribution is 2.31. The van der Waals surface area contributed by atoms with E-state index in [1.807, 2.05) is 17.0 Å². The van der Waals surface area contributed by atoms with Crippen LogP contribution >= 0.6 is 0 Å². The number of benzene rings is 1. The number of carbonyl (C=O) groups is 2. The molecule has 2 atom stereocenters. The Kier molecular flexibility index (Phi) is 9.58. The third-order valence-electron chi connectivity index (χ3n) is 7.45. The zero-order valence-corrected chi connectivity index (χ0v) is 20.4. The van der Waals surface area contributed by atoms with Gasteiger partial charge < -0.3 is 10.2 Å². The topological polar surface area (TPSA) is 52.7 Å². The van der Waals surface area contributed by atoms with Crippen LogP contribution in [0.25, 0.3) is 0 Å². The van der Waals surface area contributed by atoms with E-state index >= 15 is 0 Å². The summed E-state index contributed by atoms with van der Waals surface area (Å²) in [6, 6.07) is 8.09. The summed E-state index contributed by atoms with van der Waals surface area (Å²) < 4.78 is 0. The number of hydrogen-bond acceptors (Lipinski definition) is 3. The van der Waals surface area contributed by atoms with Crippen molar-refractivity contribution in [2.45, 2.75) is 78.2 Å². The lowest BCUT2D eigenvalue weighted by Crippen LogP contribution is -2.58. The predicted molar refractivity (Wildman–Crippen MR) is 131 cm³/mol. The minimum absolute atomic E-state index is 0.0448. The normalized spacial score (nSPS) is 19.7. The molecule has 1 aromatic rings. The number of nitrogens with one attached hydrogen (secondary N) is 1. The van der Waals surface area contributed by atoms with E-state index in [0.717, 1.165) is 50.9 Å². The summed E-state index contributed by atoms with van der Waals surface area (Å²) in [4.78, 5) is 30.5. The van der Waals surface area contributed by atoms with Gasteiger partial charge in [-0.1, -0.05) is 58.6 Å². The first-order chi connectivity index (χ1) is 15.5. The molecule has 1 aliphatic carbocycles. The van der Waals surface area contributed by atoms with Crippen LogP contribution in [0.3, 0.4) is 0 Å². The van der Waals surface area contributed by atoms with Gasteiger partial charge in [0.2, 0.25) is 5.91 Å². The fourth-order valence-corrected chi connectivity index (χ4v) is 5.06. The van der Waals surface area contributed by atoms with E-state index in [-0.39, 0.29) is 17.9 Å². The van der Waals surface area contributed by atoms with Crippen molar-refractivity contribution < 1.29 is 9.59 Å². The summed E-state index contributed by atoms with van der Waals surface area (Å²) in [5.74, 6) is 1.26. The van der Waals surface area contributed by atoms with Gasteiger partial charge in [0.1, 0.15) is 0 Å². The molecule has 1 saturated heterocycles. The summed E-state index contributed by atoms with van der Waals surface area (Å²) in [5, 5.41) is 3.23.